The predicted molar refractivity (Wildman–Crippen MR) is 107 cm³/mol. The molecule has 1 saturated heterocycles. The molecular formula is C22H26N4O. The summed E-state index contributed by atoms with van der Waals surface area (Å²) in [7, 11) is 0. The van der Waals surface area contributed by atoms with Gasteiger partial charge in [-0.25, -0.2) is 4.98 Å². The smallest absolute Gasteiger partial charge is 0.237 e. The van der Waals surface area contributed by atoms with Gasteiger partial charge in [-0.3, -0.25) is 14.7 Å². The molecule has 2 aromatic rings. The maximum Gasteiger partial charge on any atom is 0.237 e. The van der Waals surface area contributed by atoms with E-state index in [1.165, 1.54) is 0 Å². The molecule has 1 fully saturated rings. The number of amides is 1. The number of carbonyl (C=O) groups is 1. The highest BCUT2D eigenvalue weighted by atomic mass is 16.2. The maximum absolute atomic E-state index is 13.2. The summed E-state index contributed by atoms with van der Waals surface area (Å²) in [6, 6.07) is 3.93. The van der Waals surface area contributed by atoms with E-state index in [4.69, 9.17) is 0 Å². The number of nitrogens with zero attached hydrogens (tertiary/aromatic N) is 4. The largest absolute Gasteiger partial charge is 0.306 e. The lowest BCUT2D eigenvalue weighted by Gasteiger charge is -2.26. The van der Waals surface area contributed by atoms with Crippen molar-refractivity contribution >= 4 is 17.3 Å². The SMILES string of the molecule is Cc1ccc(N2C(=O)C(C)(C)C3CC=C(n4cnc(C(C)C)c4)C=C32)cn1. The summed E-state index contributed by atoms with van der Waals surface area (Å²) in [6.45, 7) is 10.3. The van der Waals surface area contributed by atoms with Gasteiger partial charge in [0.05, 0.1) is 29.3 Å². The van der Waals surface area contributed by atoms with Gasteiger partial charge in [0.1, 0.15) is 0 Å². The van der Waals surface area contributed by atoms with Gasteiger partial charge >= 0.3 is 0 Å². The quantitative estimate of drug-likeness (QED) is 0.806. The number of pyridine rings is 1. The molecule has 2 aliphatic rings. The number of hydrogen-bond acceptors (Lipinski definition) is 3. The number of aromatic nitrogens is 3. The molecule has 140 valence electrons. The third-order valence-electron chi connectivity index (χ3n) is 5.75. The van der Waals surface area contributed by atoms with Crippen LogP contribution in [0.1, 0.15) is 51.4 Å². The summed E-state index contributed by atoms with van der Waals surface area (Å²) < 4.78 is 2.06. The van der Waals surface area contributed by atoms with Gasteiger partial charge in [-0.1, -0.05) is 33.8 Å². The van der Waals surface area contributed by atoms with Crippen LogP contribution >= 0.6 is 0 Å². The minimum Gasteiger partial charge on any atom is -0.306 e. The van der Waals surface area contributed by atoms with Gasteiger partial charge in [-0.05, 0) is 37.5 Å². The fraction of sp³-hybridized carbons (Fsp3) is 0.409. The van der Waals surface area contributed by atoms with Crippen molar-refractivity contribution in [2.45, 2.75) is 47.0 Å². The van der Waals surface area contributed by atoms with Gasteiger partial charge in [-0.15, -0.1) is 0 Å². The van der Waals surface area contributed by atoms with E-state index in [9.17, 15) is 4.79 Å². The molecule has 1 atom stereocenters. The van der Waals surface area contributed by atoms with Gasteiger partial charge in [0, 0.05) is 29.2 Å². The van der Waals surface area contributed by atoms with Crippen molar-refractivity contribution in [2.24, 2.45) is 11.3 Å². The van der Waals surface area contributed by atoms with Gasteiger partial charge in [0.25, 0.3) is 0 Å². The molecule has 0 saturated carbocycles. The van der Waals surface area contributed by atoms with Gasteiger partial charge in [-0.2, -0.15) is 0 Å². The summed E-state index contributed by atoms with van der Waals surface area (Å²) >= 11 is 0. The molecule has 0 spiro atoms. The Morgan fingerprint density at radius 2 is 2.00 bits per heavy atom. The molecule has 1 unspecified atom stereocenters. The van der Waals surface area contributed by atoms with E-state index in [0.29, 0.717) is 5.92 Å². The highest BCUT2D eigenvalue weighted by molar-refractivity contribution is 6.04. The molecule has 2 aromatic heterocycles. The number of imidazole rings is 1. The zero-order valence-electron chi connectivity index (χ0n) is 16.6. The number of aryl methyl sites for hydroxylation is 1. The van der Waals surface area contributed by atoms with Crippen LogP contribution in [-0.4, -0.2) is 20.4 Å². The van der Waals surface area contributed by atoms with Gasteiger partial charge < -0.3 is 4.57 Å². The van der Waals surface area contributed by atoms with E-state index in [2.05, 4.69) is 46.7 Å². The van der Waals surface area contributed by atoms with E-state index in [1.54, 1.807) is 6.20 Å². The zero-order valence-corrected chi connectivity index (χ0v) is 16.6. The summed E-state index contributed by atoms with van der Waals surface area (Å²) in [5, 5.41) is 0. The Hall–Kier alpha value is -2.69. The molecular weight excluding hydrogens is 336 g/mol. The number of allylic oxidation sites excluding steroid dienone is 4. The first-order chi connectivity index (χ1) is 12.8. The molecule has 4 rings (SSSR count). The molecule has 1 aliphatic heterocycles. The standard InChI is InChI=1S/C22H26N4O/c1-14(2)19-12-25(13-24-19)16-8-9-18-20(10-16)26(21(27)22(18,4)5)17-7-6-15(3)23-11-17/h6-8,10-14,18H,9H2,1-5H3. The van der Waals surface area contributed by atoms with Crippen molar-refractivity contribution in [1.29, 1.82) is 0 Å². The highest BCUT2D eigenvalue weighted by Gasteiger charge is 2.51. The van der Waals surface area contributed by atoms with E-state index in [1.807, 2.05) is 44.1 Å². The number of fused-ring (bicyclic) bond motifs is 1. The van der Waals surface area contributed by atoms with Crippen LogP contribution in [0.5, 0.6) is 0 Å². The molecule has 27 heavy (non-hydrogen) atoms. The second-order valence-electron chi connectivity index (χ2n) is 8.37. The lowest BCUT2D eigenvalue weighted by atomic mass is 9.76. The monoisotopic (exact) mass is 362 g/mol. The topological polar surface area (TPSA) is 51.0 Å². The molecule has 3 heterocycles. The first-order valence-electron chi connectivity index (χ1n) is 9.52. The molecule has 0 N–H and O–H groups in total. The second kappa shape index (κ2) is 6.19. The Bertz CT molecular complexity index is 947. The highest BCUT2D eigenvalue weighted by Crippen LogP contribution is 2.49. The van der Waals surface area contributed by atoms with Crippen LogP contribution in [0.3, 0.4) is 0 Å². The average molecular weight is 362 g/mol. The first kappa shape index (κ1) is 17.7. The Kier molecular flexibility index (Phi) is 4.06. The van der Waals surface area contributed by atoms with E-state index in [0.717, 1.165) is 34.9 Å². The molecule has 0 bridgehead atoms. The van der Waals surface area contributed by atoms with Gasteiger partial charge in [0.15, 0.2) is 0 Å². The minimum absolute atomic E-state index is 0.132. The van der Waals surface area contributed by atoms with Gasteiger partial charge in [0.2, 0.25) is 5.91 Å². The van der Waals surface area contributed by atoms with Crippen molar-refractivity contribution in [3.05, 3.63) is 60.1 Å². The molecule has 5 heteroatoms. The van der Waals surface area contributed by atoms with E-state index >= 15 is 0 Å². The number of hydrogen-bond donors (Lipinski definition) is 0. The van der Waals surface area contributed by atoms with Crippen LogP contribution in [0.4, 0.5) is 5.69 Å². The molecule has 1 amide bonds. The summed E-state index contributed by atoms with van der Waals surface area (Å²) in [6.07, 6.45) is 10.9. The van der Waals surface area contributed by atoms with Crippen LogP contribution < -0.4 is 4.90 Å². The van der Waals surface area contributed by atoms with Crippen molar-refractivity contribution in [3.8, 4) is 0 Å². The van der Waals surface area contributed by atoms with Crippen molar-refractivity contribution < 1.29 is 4.79 Å². The number of carbonyl (C=O) groups excluding carboxylic acids is 1. The predicted octanol–water partition coefficient (Wildman–Crippen LogP) is 4.53. The van der Waals surface area contributed by atoms with Crippen molar-refractivity contribution in [2.75, 3.05) is 4.90 Å². The third-order valence-corrected chi connectivity index (χ3v) is 5.75. The number of rotatable bonds is 3. The number of anilines is 1. The fourth-order valence-corrected chi connectivity index (χ4v) is 3.93. The Balaban J connectivity index is 1.76. The van der Waals surface area contributed by atoms with Crippen LogP contribution in [0.15, 0.2) is 48.7 Å². The summed E-state index contributed by atoms with van der Waals surface area (Å²) in [5.41, 5.74) is 4.53. The summed E-state index contributed by atoms with van der Waals surface area (Å²) in [4.78, 5) is 24.0. The van der Waals surface area contributed by atoms with Crippen molar-refractivity contribution in [1.82, 2.24) is 14.5 Å². The van der Waals surface area contributed by atoms with Crippen LogP contribution in [-0.2, 0) is 4.79 Å². The minimum atomic E-state index is -0.434. The molecule has 5 nitrogen and oxygen atoms in total. The van der Waals surface area contributed by atoms with Crippen molar-refractivity contribution in [3.63, 3.8) is 0 Å². The second-order valence-corrected chi connectivity index (χ2v) is 8.37. The first-order valence-corrected chi connectivity index (χ1v) is 9.52. The zero-order chi connectivity index (χ0) is 19.3. The average Bonchev–Trinajstić information content (AvgIpc) is 3.20. The maximum atomic E-state index is 13.2. The van der Waals surface area contributed by atoms with Crippen LogP contribution in [0, 0.1) is 18.3 Å². The Morgan fingerprint density at radius 1 is 1.22 bits per heavy atom. The fourth-order valence-electron chi connectivity index (χ4n) is 3.93. The lowest BCUT2D eigenvalue weighted by molar-refractivity contribution is -0.125. The van der Waals surface area contributed by atoms with Crippen LogP contribution in [0.25, 0.3) is 5.70 Å². The molecule has 0 aromatic carbocycles. The molecule has 0 radical (unpaired) electrons. The summed E-state index contributed by atoms with van der Waals surface area (Å²) in [5.74, 6) is 0.689. The Morgan fingerprint density at radius 3 is 2.63 bits per heavy atom. The van der Waals surface area contributed by atoms with E-state index < -0.39 is 5.41 Å². The molecule has 1 aliphatic carbocycles. The Labute approximate surface area is 160 Å². The normalized spacial score (nSPS) is 21.3. The third kappa shape index (κ3) is 2.82. The van der Waals surface area contributed by atoms with Crippen LogP contribution in [0.2, 0.25) is 0 Å². The van der Waals surface area contributed by atoms with E-state index in [-0.39, 0.29) is 11.8 Å². The lowest BCUT2D eigenvalue weighted by Crippen LogP contribution is -2.31.